The van der Waals surface area contributed by atoms with E-state index in [-0.39, 0.29) is 5.75 Å². The summed E-state index contributed by atoms with van der Waals surface area (Å²) in [5.41, 5.74) is -0.434. The lowest BCUT2D eigenvalue weighted by atomic mass is 9.91. The average Bonchev–Trinajstić information content (AvgIpc) is 2.56. The molecular weight excluding hydrogens is 304 g/mol. The van der Waals surface area contributed by atoms with Crippen LogP contribution in [0, 0.1) is 0 Å². The summed E-state index contributed by atoms with van der Waals surface area (Å²) < 4.78 is 31.9. The fourth-order valence-electron chi connectivity index (χ4n) is 3.23. The van der Waals surface area contributed by atoms with E-state index in [0.717, 1.165) is 25.2 Å². The molecule has 2 aliphatic rings. The predicted molar refractivity (Wildman–Crippen MR) is 83.2 cm³/mol. The summed E-state index contributed by atoms with van der Waals surface area (Å²) in [5, 5.41) is 0. The molecule has 1 aromatic heterocycles. The number of piperidine rings is 1. The van der Waals surface area contributed by atoms with E-state index < -0.39 is 15.6 Å². The van der Waals surface area contributed by atoms with Crippen molar-refractivity contribution < 1.29 is 13.2 Å². The maximum Gasteiger partial charge on any atom is 0.214 e. The molecule has 122 valence electrons. The van der Waals surface area contributed by atoms with Crippen LogP contribution in [0.5, 0.6) is 0 Å². The maximum absolute atomic E-state index is 12.2. The van der Waals surface area contributed by atoms with Crippen LogP contribution >= 0.6 is 0 Å². The van der Waals surface area contributed by atoms with Crippen molar-refractivity contribution >= 4 is 15.8 Å². The highest BCUT2D eigenvalue weighted by Crippen LogP contribution is 2.31. The smallest absolute Gasteiger partial charge is 0.214 e. The molecule has 1 spiro atoms. The number of anilines is 1. The van der Waals surface area contributed by atoms with E-state index in [9.17, 15) is 8.42 Å². The van der Waals surface area contributed by atoms with Crippen molar-refractivity contribution in [2.75, 3.05) is 43.4 Å². The van der Waals surface area contributed by atoms with E-state index in [1.165, 1.54) is 0 Å². The van der Waals surface area contributed by atoms with Gasteiger partial charge in [0.05, 0.1) is 24.2 Å². The standard InChI is InChI=1S/C14H22N4O3S/c1-2-22(19,20)18-8-9-21-14(12-18)4-3-7-17(11-14)13-10-15-5-6-16-13/h5-6,10H,2-4,7-9,11-12H2,1H3/t14-/m0/s1. The van der Waals surface area contributed by atoms with Gasteiger partial charge in [0.1, 0.15) is 5.82 Å². The van der Waals surface area contributed by atoms with Gasteiger partial charge in [-0.05, 0) is 19.8 Å². The zero-order valence-electron chi connectivity index (χ0n) is 12.8. The van der Waals surface area contributed by atoms with Gasteiger partial charge >= 0.3 is 0 Å². The van der Waals surface area contributed by atoms with Gasteiger partial charge in [-0.25, -0.2) is 13.4 Å². The highest BCUT2D eigenvalue weighted by Gasteiger charge is 2.43. The third-order valence-electron chi connectivity index (χ3n) is 4.38. The van der Waals surface area contributed by atoms with Gasteiger partial charge in [-0.3, -0.25) is 4.98 Å². The number of ether oxygens (including phenoxy) is 1. The Kier molecular flexibility index (Phi) is 4.33. The summed E-state index contributed by atoms with van der Waals surface area (Å²) in [6.07, 6.45) is 6.89. The van der Waals surface area contributed by atoms with Crippen molar-refractivity contribution in [3.05, 3.63) is 18.6 Å². The number of aromatic nitrogens is 2. The second kappa shape index (κ2) is 6.10. The molecule has 8 heteroatoms. The minimum Gasteiger partial charge on any atom is -0.370 e. The van der Waals surface area contributed by atoms with E-state index >= 15 is 0 Å². The highest BCUT2D eigenvalue weighted by molar-refractivity contribution is 7.89. The van der Waals surface area contributed by atoms with E-state index in [0.29, 0.717) is 26.2 Å². The third kappa shape index (κ3) is 3.09. The second-order valence-corrected chi connectivity index (χ2v) is 8.11. The van der Waals surface area contributed by atoms with E-state index in [1.54, 1.807) is 29.8 Å². The van der Waals surface area contributed by atoms with Gasteiger partial charge in [0.15, 0.2) is 0 Å². The SMILES string of the molecule is CCS(=O)(=O)N1CCO[C@]2(CCCN(c3cnccn3)C2)C1. The third-order valence-corrected chi connectivity index (χ3v) is 6.21. The number of sulfonamides is 1. The monoisotopic (exact) mass is 326 g/mol. The largest absolute Gasteiger partial charge is 0.370 e. The van der Waals surface area contributed by atoms with Gasteiger partial charge in [-0.15, -0.1) is 0 Å². The Balaban J connectivity index is 1.78. The number of rotatable bonds is 3. The van der Waals surface area contributed by atoms with Gasteiger partial charge in [-0.1, -0.05) is 0 Å². The molecule has 0 unspecified atom stereocenters. The van der Waals surface area contributed by atoms with Crippen molar-refractivity contribution in [2.24, 2.45) is 0 Å². The molecule has 0 N–H and O–H groups in total. The van der Waals surface area contributed by atoms with Crippen LogP contribution in [-0.4, -0.2) is 66.8 Å². The molecule has 0 saturated carbocycles. The predicted octanol–water partition coefficient (Wildman–Crippen LogP) is 0.497. The lowest BCUT2D eigenvalue weighted by Crippen LogP contribution is -2.61. The highest BCUT2D eigenvalue weighted by atomic mass is 32.2. The number of hydrogen-bond acceptors (Lipinski definition) is 6. The topological polar surface area (TPSA) is 75.6 Å². The van der Waals surface area contributed by atoms with E-state index in [4.69, 9.17) is 4.74 Å². The Morgan fingerprint density at radius 3 is 2.91 bits per heavy atom. The van der Waals surface area contributed by atoms with Crippen LogP contribution in [0.4, 0.5) is 5.82 Å². The normalized spacial score (nSPS) is 27.2. The summed E-state index contributed by atoms with van der Waals surface area (Å²) in [7, 11) is -3.17. The molecular formula is C14H22N4O3S. The van der Waals surface area contributed by atoms with Crippen molar-refractivity contribution in [3.63, 3.8) is 0 Å². The number of hydrogen-bond donors (Lipinski definition) is 0. The zero-order chi connectivity index (χ0) is 15.6. The summed E-state index contributed by atoms with van der Waals surface area (Å²) in [6, 6.07) is 0. The molecule has 0 aliphatic carbocycles. The summed E-state index contributed by atoms with van der Waals surface area (Å²) in [6.45, 7) is 4.56. The molecule has 1 atom stereocenters. The van der Waals surface area contributed by atoms with Crippen LogP contribution in [0.25, 0.3) is 0 Å². The van der Waals surface area contributed by atoms with Crippen molar-refractivity contribution in [1.82, 2.24) is 14.3 Å². The molecule has 2 fully saturated rings. The first kappa shape index (κ1) is 15.6. The summed E-state index contributed by atoms with van der Waals surface area (Å²) in [4.78, 5) is 10.6. The molecule has 0 bridgehead atoms. The van der Waals surface area contributed by atoms with E-state index in [2.05, 4.69) is 14.9 Å². The molecule has 2 saturated heterocycles. The molecule has 0 radical (unpaired) electrons. The summed E-state index contributed by atoms with van der Waals surface area (Å²) in [5.74, 6) is 0.956. The molecule has 3 heterocycles. The fraction of sp³-hybridized carbons (Fsp3) is 0.714. The van der Waals surface area contributed by atoms with Crippen molar-refractivity contribution in [3.8, 4) is 0 Å². The molecule has 0 aromatic carbocycles. The van der Waals surface area contributed by atoms with Crippen LogP contribution in [0.2, 0.25) is 0 Å². The van der Waals surface area contributed by atoms with Gasteiger partial charge in [0.2, 0.25) is 10.0 Å². The van der Waals surface area contributed by atoms with Crippen LogP contribution in [0.15, 0.2) is 18.6 Å². The number of morpholine rings is 1. The van der Waals surface area contributed by atoms with Gasteiger partial charge in [-0.2, -0.15) is 4.31 Å². The summed E-state index contributed by atoms with van der Waals surface area (Å²) >= 11 is 0. The molecule has 1 aromatic rings. The lowest BCUT2D eigenvalue weighted by molar-refractivity contribution is -0.0950. The average molecular weight is 326 g/mol. The van der Waals surface area contributed by atoms with Crippen molar-refractivity contribution in [1.29, 1.82) is 0 Å². The Labute approximate surface area is 131 Å². The van der Waals surface area contributed by atoms with Gasteiger partial charge in [0, 0.05) is 38.6 Å². The quantitative estimate of drug-likeness (QED) is 0.805. The van der Waals surface area contributed by atoms with Crippen LogP contribution in [0.1, 0.15) is 19.8 Å². The van der Waals surface area contributed by atoms with Gasteiger partial charge in [0.25, 0.3) is 0 Å². The Morgan fingerprint density at radius 2 is 2.18 bits per heavy atom. The van der Waals surface area contributed by atoms with Crippen LogP contribution < -0.4 is 4.90 Å². The first-order valence-electron chi connectivity index (χ1n) is 7.67. The first-order chi connectivity index (χ1) is 10.5. The Morgan fingerprint density at radius 1 is 1.32 bits per heavy atom. The molecule has 2 aliphatic heterocycles. The van der Waals surface area contributed by atoms with Crippen molar-refractivity contribution in [2.45, 2.75) is 25.4 Å². The maximum atomic E-state index is 12.2. The zero-order valence-corrected chi connectivity index (χ0v) is 13.6. The minimum absolute atomic E-state index is 0.136. The van der Waals surface area contributed by atoms with Crippen LogP contribution in [0.3, 0.4) is 0 Å². The Bertz CT molecular complexity index is 606. The second-order valence-electron chi connectivity index (χ2n) is 5.85. The molecule has 0 amide bonds. The van der Waals surface area contributed by atoms with Gasteiger partial charge < -0.3 is 9.64 Å². The minimum atomic E-state index is -3.17. The lowest BCUT2D eigenvalue weighted by Gasteiger charge is -2.47. The number of nitrogens with zero attached hydrogens (tertiary/aromatic N) is 4. The Hall–Kier alpha value is -1.25. The molecule has 3 rings (SSSR count). The first-order valence-corrected chi connectivity index (χ1v) is 9.28. The molecule has 7 nitrogen and oxygen atoms in total. The fourth-order valence-corrected chi connectivity index (χ4v) is 4.37. The van der Waals surface area contributed by atoms with E-state index in [1.807, 2.05) is 0 Å². The van der Waals surface area contributed by atoms with Crippen LogP contribution in [-0.2, 0) is 14.8 Å². The molecule has 22 heavy (non-hydrogen) atoms.